The van der Waals surface area contributed by atoms with Gasteiger partial charge < -0.3 is 10.2 Å². The predicted molar refractivity (Wildman–Crippen MR) is 92.5 cm³/mol. The van der Waals surface area contributed by atoms with Crippen molar-refractivity contribution in [2.45, 2.75) is 65.8 Å². The van der Waals surface area contributed by atoms with Gasteiger partial charge in [-0.05, 0) is 57.6 Å². The van der Waals surface area contributed by atoms with Crippen LogP contribution in [0.25, 0.3) is 0 Å². The summed E-state index contributed by atoms with van der Waals surface area (Å²) < 4.78 is 0. The monoisotopic (exact) mass is 303 g/mol. The predicted octanol–water partition coefficient (Wildman–Crippen LogP) is 2.79. The fraction of sp³-hybridized carbons (Fsp3) is 0.632. The summed E-state index contributed by atoms with van der Waals surface area (Å²) in [5.74, 6) is 0.189. The van der Waals surface area contributed by atoms with Crippen LogP contribution in [0.4, 0.5) is 5.69 Å². The van der Waals surface area contributed by atoms with E-state index in [9.17, 15) is 4.79 Å². The smallest absolute Gasteiger partial charge is 0.282 e. The molecule has 122 valence electrons. The lowest BCUT2D eigenvalue weighted by Gasteiger charge is -2.26. The Morgan fingerprint density at radius 2 is 1.64 bits per heavy atom. The highest BCUT2D eigenvalue weighted by molar-refractivity contribution is 5.95. The number of hydrogen-bond donors (Lipinski definition) is 2. The molecule has 0 aliphatic carbocycles. The molecule has 0 radical (unpaired) electrons. The molecule has 0 saturated carbocycles. The second-order valence-electron chi connectivity index (χ2n) is 6.80. The summed E-state index contributed by atoms with van der Waals surface area (Å²) in [4.78, 5) is 14.3. The van der Waals surface area contributed by atoms with Crippen molar-refractivity contribution in [2.24, 2.45) is 0 Å². The molecule has 1 amide bonds. The molecular formula is C19H31N2O+. The average Bonchev–Trinajstić information content (AvgIpc) is 2.73. The van der Waals surface area contributed by atoms with Crippen LogP contribution in [0.15, 0.2) is 12.1 Å². The van der Waals surface area contributed by atoms with Crippen molar-refractivity contribution in [1.82, 2.24) is 0 Å². The molecule has 3 nitrogen and oxygen atoms in total. The average molecular weight is 303 g/mol. The van der Waals surface area contributed by atoms with E-state index in [4.69, 9.17) is 0 Å². The molecule has 0 aromatic heterocycles. The number of quaternary nitrogens is 1. The van der Waals surface area contributed by atoms with Gasteiger partial charge in [-0.2, -0.15) is 0 Å². The summed E-state index contributed by atoms with van der Waals surface area (Å²) in [5.41, 5.74) is 4.57. The second-order valence-corrected chi connectivity index (χ2v) is 6.80. The largest absolute Gasteiger partial charge is 0.325 e. The lowest BCUT2D eigenvalue weighted by atomic mass is 10.0. The molecule has 0 bridgehead atoms. The molecule has 1 fully saturated rings. The van der Waals surface area contributed by atoms with Gasteiger partial charge in [0.05, 0.1) is 13.1 Å². The second kappa shape index (κ2) is 7.77. The zero-order valence-corrected chi connectivity index (χ0v) is 14.6. The molecule has 2 N–H and O–H groups in total. The summed E-state index contributed by atoms with van der Waals surface area (Å²) in [6.45, 7) is 10.7. The first-order valence-electron chi connectivity index (χ1n) is 8.76. The highest BCUT2D eigenvalue weighted by atomic mass is 16.2. The van der Waals surface area contributed by atoms with Gasteiger partial charge in [0.2, 0.25) is 0 Å². The Hall–Kier alpha value is -1.35. The fourth-order valence-corrected chi connectivity index (χ4v) is 3.78. The third-order valence-corrected chi connectivity index (χ3v) is 4.89. The number of anilines is 1. The lowest BCUT2D eigenvalue weighted by molar-refractivity contribution is -0.915. The van der Waals surface area contributed by atoms with Crippen LogP contribution in [-0.2, 0) is 4.79 Å². The van der Waals surface area contributed by atoms with E-state index in [2.05, 4.69) is 45.1 Å². The molecule has 1 heterocycles. The first-order chi connectivity index (χ1) is 10.5. The van der Waals surface area contributed by atoms with Crippen LogP contribution in [0.5, 0.6) is 0 Å². The number of rotatable bonds is 4. The first kappa shape index (κ1) is 17.0. The number of aryl methyl sites for hydroxylation is 3. The molecule has 1 aliphatic rings. The molecule has 1 aromatic rings. The Kier molecular flexibility index (Phi) is 6.01. The molecule has 1 aromatic carbocycles. The molecule has 3 heteroatoms. The normalized spacial score (nSPS) is 17.8. The van der Waals surface area contributed by atoms with E-state index < -0.39 is 0 Å². The van der Waals surface area contributed by atoms with Crippen molar-refractivity contribution in [3.05, 3.63) is 28.8 Å². The maximum Gasteiger partial charge on any atom is 0.282 e. The molecule has 0 spiro atoms. The Bertz CT molecular complexity index is 493. The number of hydrogen-bond acceptors (Lipinski definition) is 1. The van der Waals surface area contributed by atoms with Gasteiger partial charge in [-0.25, -0.2) is 0 Å². The Morgan fingerprint density at radius 3 is 2.14 bits per heavy atom. The number of carbonyl (C=O) groups is 1. The fourth-order valence-electron chi connectivity index (χ4n) is 3.78. The Balaban J connectivity index is 2.12. The van der Waals surface area contributed by atoms with Crippen molar-refractivity contribution in [3.63, 3.8) is 0 Å². The van der Waals surface area contributed by atoms with Gasteiger partial charge in [-0.1, -0.05) is 24.6 Å². The van der Waals surface area contributed by atoms with Crippen LogP contribution in [0, 0.1) is 20.8 Å². The van der Waals surface area contributed by atoms with Gasteiger partial charge in [0.15, 0.2) is 6.04 Å². The summed E-state index contributed by atoms with van der Waals surface area (Å²) in [6, 6.07) is 4.36. The van der Waals surface area contributed by atoms with E-state index in [1.54, 1.807) is 0 Å². The summed E-state index contributed by atoms with van der Waals surface area (Å²) in [7, 11) is 0. The summed E-state index contributed by atoms with van der Waals surface area (Å²) in [5, 5.41) is 3.21. The van der Waals surface area contributed by atoms with Gasteiger partial charge in [-0.3, -0.25) is 4.79 Å². The highest BCUT2D eigenvalue weighted by Gasteiger charge is 2.29. The van der Waals surface area contributed by atoms with E-state index in [-0.39, 0.29) is 11.9 Å². The molecule has 2 rings (SSSR count). The van der Waals surface area contributed by atoms with E-state index in [0.29, 0.717) is 0 Å². The van der Waals surface area contributed by atoms with Crippen LogP contribution in [0.1, 0.15) is 55.7 Å². The number of carbonyl (C=O) groups excluding carboxylic acids is 1. The maximum absolute atomic E-state index is 12.8. The number of likely N-dealkylation sites (tertiary alicyclic amines) is 1. The standard InChI is InChI=1S/C19H30N2O/c1-5-17(21-10-8-6-7-9-11-21)19(22)20-18-15(3)12-14(2)13-16(18)4/h12-13,17H,5-11H2,1-4H3,(H,20,22)/p+1/t17-/m0/s1. The van der Waals surface area contributed by atoms with Crippen LogP contribution < -0.4 is 10.2 Å². The van der Waals surface area contributed by atoms with E-state index >= 15 is 0 Å². The number of amides is 1. The first-order valence-corrected chi connectivity index (χ1v) is 8.76. The maximum atomic E-state index is 12.8. The van der Waals surface area contributed by atoms with Crippen LogP contribution in [-0.4, -0.2) is 25.0 Å². The zero-order chi connectivity index (χ0) is 16.1. The van der Waals surface area contributed by atoms with E-state index in [1.807, 2.05) is 0 Å². The van der Waals surface area contributed by atoms with Crippen LogP contribution in [0.2, 0.25) is 0 Å². The Labute approximate surface area is 135 Å². The van der Waals surface area contributed by atoms with Crippen molar-refractivity contribution in [3.8, 4) is 0 Å². The Morgan fingerprint density at radius 1 is 1.09 bits per heavy atom. The van der Waals surface area contributed by atoms with Crippen molar-refractivity contribution in [1.29, 1.82) is 0 Å². The molecule has 0 unspecified atom stereocenters. The van der Waals surface area contributed by atoms with Gasteiger partial charge in [0, 0.05) is 12.1 Å². The molecule has 1 saturated heterocycles. The third-order valence-electron chi connectivity index (χ3n) is 4.89. The van der Waals surface area contributed by atoms with Gasteiger partial charge in [0.25, 0.3) is 5.91 Å². The minimum atomic E-state index is 0.0817. The van der Waals surface area contributed by atoms with Crippen molar-refractivity contribution >= 4 is 11.6 Å². The third kappa shape index (κ3) is 4.10. The number of nitrogens with one attached hydrogen (secondary N) is 2. The molecule has 1 atom stereocenters. The lowest BCUT2D eigenvalue weighted by Crippen LogP contribution is -3.16. The van der Waals surface area contributed by atoms with Gasteiger partial charge in [0.1, 0.15) is 0 Å². The minimum Gasteiger partial charge on any atom is -0.325 e. The quantitative estimate of drug-likeness (QED) is 0.881. The number of benzene rings is 1. The molecule has 22 heavy (non-hydrogen) atoms. The van der Waals surface area contributed by atoms with E-state index in [0.717, 1.165) is 36.3 Å². The topological polar surface area (TPSA) is 33.5 Å². The van der Waals surface area contributed by atoms with Gasteiger partial charge in [-0.15, -0.1) is 0 Å². The molecule has 1 aliphatic heterocycles. The van der Waals surface area contributed by atoms with Crippen LogP contribution >= 0.6 is 0 Å². The summed E-state index contributed by atoms with van der Waals surface area (Å²) in [6.07, 6.45) is 6.05. The van der Waals surface area contributed by atoms with E-state index in [1.165, 1.54) is 36.1 Å². The SMILES string of the molecule is CC[C@@H](C(=O)Nc1c(C)cc(C)cc1C)[NH+]1CCCCCC1. The summed E-state index contributed by atoms with van der Waals surface area (Å²) >= 11 is 0. The van der Waals surface area contributed by atoms with Crippen molar-refractivity contribution < 1.29 is 9.69 Å². The minimum absolute atomic E-state index is 0.0817. The van der Waals surface area contributed by atoms with Crippen molar-refractivity contribution in [2.75, 3.05) is 18.4 Å². The highest BCUT2D eigenvalue weighted by Crippen LogP contribution is 2.22. The zero-order valence-electron chi connectivity index (χ0n) is 14.6. The van der Waals surface area contributed by atoms with Crippen LogP contribution in [0.3, 0.4) is 0 Å². The molecular weight excluding hydrogens is 272 g/mol. The van der Waals surface area contributed by atoms with Gasteiger partial charge >= 0.3 is 0 Å².